The monoisotopic (exact) mass is 489 g/mol. The molecule has 0 saturated carbocycles. The van der Waals surface area contributed by atoms with Gasteiger partial charge in [-0.15, -0.1) is 6.58 Å². The number of allylic oxidation sites excluding steroid dienone is 1. The minimum Gasteiger partial charge on any atom is -0.103 e. The molecule has 1 unspecified atom stereocenters. The highest BCUT2D eigenvalue weighted by Gasteiger charge is 2.48. The van der Waals surface area contributed by atoms with Gasteiger partial charge in [-0.2, -0.15) is 0 Å². The van der Waals surface area contributed by atoms with Crippen LogP contribution in [-0.2, 0) is 0 Å². The van der Waals surface area contributed by atoms with Crippen molar-refractivity contribution in [3.8, 4) is 0 Å². The van der Waals surface area contributed by atoms with Crippen LogP contribution in [0.2, 0.25) is 11.2 Å². The Bertz CT molecular complexity index is 1060. The van der Waals surface area contributed by atoms with E-state index in [1.165, 1.54) is 36.1 Å². The van der Waals surface area contributed by atoms with E-state index in [4.69, 9.17) is 0 Å². The molecule has 2 heteroatoms. The predicted molar refractivity (Wildman–Crippen MR) is 159 cm³/mol. The number of hydrogen-bond acceptors (Lipinski definition) is 0. The molecule has 1 radical (unpaired) electrons. The van der Waals surface area contributed by atoms with Crippen LogP contribution in [0.5, 0.6) is 0 Å². The molecule has 0 aromatic heterocycles. The van der Waals surface area contributed by atoms with E-state index >= 15 is 0 Å². The van der Waals surface area contributed by atoms with Crippen LogP contribution in [0.4, 0.5) is 0 Å². The first-order valence-corrected chi connectivity index (χ1v) is 16.9. The van der Waals surface area contributed by atoms with Crippen LogP contribution in [0.15, 0.2) is 134 Å². The maximum Gasteiger partial charge on any atom is 0.122 e. The summed E-state index contributed by atoms with van der Waals surface area (Å²) in [6.45, 7) is 6.64. The third-order valence-electron chi connectivity index (χ3n) is 7.25. The third-order valence-corrected chi connectivity index (χ3v) is 17.6. The predicted octanol–water partition coefficient (Wildman–Crippen LogP) is 6.23. The molecule has 0 fully saturated rings. The van der Waals surface area contributed by atoms with Crippen molar-refractivity contribution in [3.63, 3.8) is 0 Å². The molecule has 0 aliphatic rings. The average molecular weight is 490 g/mol. The van der Waals surface area contributed by atoms with Crippen LogP contribution in [0.1, 0.15) is 32.6 Å². The van der Waals surface area contributed by atoms with Crippen molar-refractivity contribution >= 4 is 37.6 Å². The molecule has 0 spiro atoms. The molecule has 0 N–H and O–H groups in total. The summed E-state index contributed by atoms with van der Waals surface area (Å²) in [5.74, 6) is 0. The summed E-state index contributed by atoms with van der Waals surface area (Å²) in [4.78, 5) is 0. The maximum atomic E-state index is 4.33. The first-order chi connectivity index (χ1) is 17.3. The lowest BCUT2D eigenvalue weighted by Gasteiger charge is -2.43. The van der Waals surface area contributed by atoms with E-state index in [1.807, 2.05) is 0 Å². The summed E-state index contributed by atoms with van der Waals surface area (Å²) in [7, 11) is -3.31. The Morgan fingerprint density at radius 3 is 1.49 bits per heavy atom. The van der Waals surface area contributed by atoms with E-state index < -0.39 is 16.9 Å². The van der Waals surface area contributed by atoms with Gasteiger partial charge >= 0.3 is 0 Å². The molecule has 4 aromatic carbocycles. The summed E-state index contributed by atoms with van der Waals surface area (Å²) >= 11 is 0. The molecule has 1 atom stereocenters. The first kappa shape index (κ1) is 25.2. The molecule has 0 bridgehead atoms. The second kappa shape index (κ2) is 12.7. The lowest BCUT2D eigenvalue weighted by atomic mass is 10.2. The number of benzene rings is 4. The van der Waals surface area contributed by atoms with E-state index in [-0.39, 0.29) is 0 Å². The fourth-order valence-corrected chi connectivity index (χ4v) is 17.4. The van der Waals surface area contributed by atoms with Crippen molar-refractivity contribution in [2.24, 2.45) is 0 Å². The summed E-state index contributed by atoms with van der Waals surface area (Å²) in [6, 6.07) is 46.7. The van der Waals surface area contributed by atoms with Crippen molar-refractivity contribution in [2.75, 3.05) is 0 Å². The Kier molecular flexibility index (Phi) is 9.11. The Labute approximate surface area is 215 Å². The van der Waals surface area contributed by atoms with Crippen LogP contribution in [-0.4, -0.2) is 16.9 Å². The zero-order chi connectivity index (χ0) is 24.3. The third kappa shape index (κ3) is 5.66. The summed E-state index contributed by atoms with van der Waals surface area (Å²) in [6.07, 6.45) is 7.29. The average Bonchev–Trinajstić information content (AvgIpc) is 2.93. The summed E-state index contributed by atoms with van der Waals surface area (Å²) in [5.41, 5.74) is 0. The Morgan fingerprint density at radius 1 is 0.657 bits per heavy atom. The minimum atomic E-state index is -2.23. The molecule has 35 heavy (non-hydrogen) atoms. The fraction of sp³-hybridized carbons (Fsp3) is 0.212. The lowest BCUT2D eigenvalue weighted by Crippen LogP contribution is -2.67. The Hall–Kier alpha value is -2.95. The normalized spacial score (nSPS) is 12.4. The topological polar surface area (TPSA) is 0 Å². The van der Waals surface area contributed by atoms with Crippen molar-refractivity contribution in [1.29, 1.82) is 0 Å². The highest BCUT2D eigenvalue weighted by atomic mass is 28.4. The standard InChI is InChI=1S/C33H37Si2/c1-3-5-10-27-33(34(29-19-11-6-12-20-29)30-21-13-7-14-22-30)35(28-4-2,31-23-15-8-16-24-31)32-25-17-9-18-26-32/h4,6-9,11-26,33H,2-3,5,10,27-28H2,1H3. The van der Waals surface area contributed by atoms with Gasteiger partial charge in [0.15, 0.2) is 0 Å². The van der Waals surface area contributed by atoms with E-state index in [9.17, 15) is 0 Å². The largest absolute Gasteiger partial charge is 0.122 e. The smallest absolute Gasteiger partial charge is 0.103 e. The summed E-state index contributed by atoms with van der Waals surface area (Å²) < 4.78 is 0. The van der Waals surface area contributed by atoms with Gasteiger partial charge in [0.25, 0.3) is 0 Å². The van der Waals surface area contributed by atoms with Crippen molar-refractivity contribution < 1.29 is 0 Å². The number of hydrogen-bond donors (Lipinski definition) is 0. The molecule has 177 valence electrons. The van der Waals surface area contributed by atoms with Crippen molar-refractivity contribution in [2.45, 2.75) is 43.8 Å². The highest BCUT2D eigenvalue weighted by Crippen LogP contribution is 2.34. The molecular weight excluding hydrogens is 453 g/mol. The van der Waals surface area contributed by atoms with Gasteiger partial charge in [0.05, 0.1) is 0 Å². The zero-order valence-electron chi connectivity index (χ0n) is 20.9. The van der Waals surface area contributed by atoms with E-state index in [1.54, 1.807) is 10.4 Å². The lowest BCUT2D eigenvalue weighted by molar-refractivity contribution is 0.681. The molecular formula is C33H37Si2. The van der Waals surface area contributed by atoms with Gasteiger partial charge in [-0.05, 0) is 11.2 Å². The van der Waals surface area contributed by atoms with Gasteiger partial charge in [0.2, 0.25) is 0 Å². The second-order valence-corrected chi connectivity index (χ2v) is 16.8. The highest BCUT2D eigenvalue weighted by molar-refractivity contribution is 7.13. The number of unbranched alkanes of at least 4 members (excludes halogenated alkanes) is 2. The summed E-state index contributed by atoms with van der Waals surface area (Å²) in [5, 5.41) is 6.74. The van der Waals surface area contributed by atoms with Gasteiger partial charge in [-0.3, -0.25) is 0 Å². The number of rotatable bonds is 12. The minimum absolute atomic E-state index is 0.603. The van der Waals surface area contributed by atoms with Crippen LogP contribution in [0.25, 0.3) is 0 Å². The molecule has 0 heterocycles. The van der Waals surface area contributed by atoms with Crippen LogP contribution < -0.4 is 20.7 Å². The molecule has 4 rings (SSSR count). The Balaban J connectivity index is 2.02. The van der Waals surface area contributed by atoms with E-state index in [0.29, 0.717) is 5.16 Å². The van der Waals surface area contributed by atoms with Crippen LogP contribution in [0, 0.1) is 0 Å². The molecule has 0 amide bonds. The molecule has 0 saturated heterocycles. The van der Waals surface area contributed by atoms with E-state index in [2.05, 4.69) is 141 Å². The van der Waals surface area contributed by atoms with E-state index in [0.717, 1.165) is 6.04 Å². The molecule has 0 aliphatic heterocycles. The van der Waals surface area contributed by atoms with Crippen LogP contribution >= 0.6 is 0 Å². The molecule has 0 aliphatic carbocycles. The van der Waals surface area contributed by atoms with Gasteiger partial charge in [-0.1, -0.05) is 181 Å². The molecule has 4 aromatic rings. The van der Waals surface area contributed by atoms with Gasteiger partial charge in [-0.25, -0.2) is 0 Å². The van der Waals surface area contributed by atoms with Crippen molar-refractivity contribution in [1.82, 2.24) is 0 Å². The Morgan fingerprint density at radius 2 is 1.09 bits per heavy atom. The molecule has 0 nitrogen and oxygen atoms in total. The van der Waals surface area contributed by atoms with Gasteiger partial charge in [0, 0.05) is 0 Å². The van der Waals surface area contributed by atoms with Crippen molar-refractivity contribution in [3.05, 3.63) is 134 Å². The zero-order valence-corrected chi connectivity index (χ0v) is 22.9. The SMILES string of the molecule is C=CC[Si](c1ccccc1)(c1ccccc1)C(CCCCC)[Si](c1ccccc1)c1ccccc1. The fourth-order valence-electron chi connectivity index (χ4n) is 5.69. The van der Waals surface area contributed by atoms with Gasteiger partial charge in [0.1, 0.15) is 16.9 Å². The first-order valence-electron chi connectivity index (χ1n) is 13.0. The maximum absolute atomic E-state index is 4.33. The van der Waals surface area contributed by atoms with Gasteiger partial charge < -0.3 is 0 Å². The quantitative estimate of drug-likeness (QED) is 0.126. The second-order valence-electron chi connectivity index (χ2n) is 9.39. The van der Waals surface area contributed by atoms with Crippen LogP contribution in [0.3, 0.4) is 0 Å².